The molecule has 0 aliphatic rings. The Hall–Kier alpha value is -2.00. The van der Waals surface area contributed by atoms with Crippen molar-refractivity contribution in [1.82, 2.24) is 20.4 Å². The highest BCUT2D eigenvalue weighted by Crippen LogP contribution is 2.29. The fourth-order valence-electron chi connectivity index (χ4n) is 1.62. The number of nitrogens with one attached hydrogen (secondary N) is 1. The average molecular weight is 337 g/mol. The van der Waals surface area contributed by atoms with Gasteiger partial charge in [0.25, 0.3) is 0 Å². The quantitative estimate of drug-likeness (QED) is 0.688. The van der Waals surface area contributed by atoms with E-state index in [1.165, 1.54) is 35.2 Å². The highest BCUT2D eigenvalue weighted by Gasteiger charge is 2.09. The molecule has 0 fully saturated rings. The Bertz CT molecular complexity index is 760. The molecule has 0 amide bonds. The van der Waals surface area contributed by atoms with Crippen molar-refractivity contribution in [2.24, 2.45) is 0 Å². The summed E-state index contributed by atoms with van der Waals surface area (Å²) in [5.74, 6) is 1.44. The summed E-state index contributed by atoms with van der Waals surface area (Å²) in [6, 6.07) is 6.19. The number of halogens is 1. The number of rotatable bonds is 6. The van der Waals surface area contributed by atoms with Crippen molar-refractivity contribution in [3.05, 3.63) is 41.9 Å². The van der Waals surface area contributed by atoms with E-state index in [0.717, 1.165) is 10.8 Å². The zero-order valence-electron chi connectivity index (χ0n) is 11.6. The Balaban J connectivity index is 1.59. The fourth-order valence-corrected chi connectivity index (χ4v) is 3.23. The normalized spacial score (nSPS) is 10.8. The van der Waals surface area contributed by atoms with Crippen LogP contribution in [0.25, 0.3) is 0 Å². The van der Waals surface area contributed by atoms with Crippen LogP contribution < -0.4 is 5.32 Å². The third-order valence-corrected chi connectivity index (χ3v) is 4.57. The number of anilines is 2. The van der Waals surface area contributed by atoms with Gasteiger partial charge in [0.1, 0.15) is 5.82 Å². The van der Waals surface area contributed by atoms with Crippen LogP contribution >= 0.6 is 23.1 Å². The van der Waals surface area contributed by atoms with E-state index in [-0.39, 0.29) is 5.82 Å². The Morgan fingerprint density at radius 3 is 2.86 bits per heavy atom. The third kappa shape index (κ3) is 3.80. The lowest BCUT2D eigenvalue weighted by Gasteiger charge is -2.00. The molecular formula is C13H12FN5OS2. The first-order valence-corrected chi connectivity index (χ1v) is 8.33. The molecule has 3 aromatic rings. The van der Waals surface area contributed by atoms with E-state index in [0.29, 0.717) is 28.4 Å². The minimum absolute atomic E-state index is 0.299. The van der Waals surface area contributed by atoms with Crippen LogP contribution in [0.2, 0.25) is 0 Å². The summed E-state index contributed by atoms with van der Waals surface area (Å²) in [5, 5.41) is 19.6. The minimum atomic E-state index is -0.299. The van der Waals surface area contributed by atoms with Gasteiger partial charge < -0.3 is 9.73 Å². The van der Waals surface area contributed by atoms with Crippen molar-refractivity contribution in [3.8, 4) is 0 Å². The molecule has 114 valence electrons. The summed E-state index contributed by atoms with van der Waals surface area (Å²) in [4.78, 5) is 0. The number of hydrogen-bond acceptors (Lipinski definition) is 8. The smallest absolute Gasteiger partial charge is 0.226 e. The lowest BCUT2D eigenvalue weighted by molar-refractivity contribution is 0.470. The van der Waals surface area contributed by atoms with Crippen LogP contribution in [0.5, 0.6) is 0 Å². The first-order chi connectivity index (χ1) is 10.7. The van der Waals surface area contributed by atoms with Gasteiger partial charge in [-0.25, -0.2) is 4.39 Å². The molecule has 0 atom stereocenters. The molecule has 0 saturated heterocycles. The zero-order chi connectivity index (χ0) is 15.4. The molecule has 0 spiro atoms. The van der Waals surface area contributed by atoms with Crippen molar-refractivity contribution in [1.29, 1.82) is 0 Å². The predicted octanol–water partition coefficient (Wildman–Crippen LogP) is 3.66. The number of aryl methyl sites for hydroxylation is 1. The van der Waals surface area contributed by atoms with E-state index < -0.39 is 0 Å². The van der Waals surface area contributed by atoms with Gasteiger partial charge in [-0.05, 0) is 18.2 Å². The van der Waals surface area contributed by atoms with Gasteiger partial charge in [-0.15, -0.1) is 20.4 Å². The Morgan fingerprint density at radius 2 is 2.09 bits per heavy atom. The molecule has 1 N–H and O–H groups in total. The number of aromatic nitrogens is 4. The average Bonchev–Trinajstić information content (AvgIpc) is 3.14. The molecule has 2 aromatic heterocycles. The first kappa shape index (κ1) is 14.9. The van der Waals surface area contributed by atoms with Crippen LogP contribution in [-0.2, 0) is 12.2 Å². The maximum Gasteiger partial charge on any atom is 0.226 e. The molecule has 0 unspecified atom stereocenters. The Kier molecular flexibility index (Phi) is 4.64. The van der Waals surface area contributed by atoms with Gasteiger partial charge in [0.15, 0.2) is 4.34 Å². The van der Waals surface area contributed by atoms with Crippen LogP contribution in [0, 0.1) is 5.82 Å². The molecular weight excluding hydrogens is 325 g/mol. The van der Waals surface area contributed by atoms with Crippen molar-refractivity contribution < 1.29 is 8.81 Å². The molecule has 0 bridgehead atoms. The zero-order valence-corrected chi connectivity index (χ0v) is 13.2. The van der Waals surface area contributed by atoms with Crippen LogP contribution in [0.3, 0.4) is 0 Å². The Labute approximate surface area is 134 Å². The van der Waals surface area contributed by atoms with Gasteiger partial charge in [0.05, 0.1) is 5.75 Å². The van der Waals surface area contributed by atoms with E-state index >= 15 is 0 Å². The van der Waals surface area contributed by atoms with Crippen LogP contribution in [0.15, 0.2) is 33.0 Å². The largest absolute Gasteiger partial charge is 0.424 e. The van der Waals surface area contributed by atoms with Crippen molar-refractivity contribution in [2.45, 2.75) is 23.4 Å². The van der Waals surface area contributed by atoms with E-state index in [9.17, 15) is 4.39 Å². The predicted molar refractivity (Wildman–Crippen MR) is 82.8 cm³/mol. The molecule has 0 saturated carbocycles. The number of hydrogen-bond donors (Lipinski definition) is 1. The van der Waals surface area contributed by atoms with Gasteiger partial charge in [0.2, 0.25) is 16.9 Å². The molecule has 22 heavy (non-hydrogen) atoms. The SMILES string of the molecule is CCc1nnc(CSc2nnc(Nc3cccc(F)c3)s2)o1. The molecule has 3 rings (SSSR count). The van der Waals surface area contributed by atoms with E-state index in [4.69, 9.17) is 4.42 Å². The molecule has 0 radical (unpaired) electrons. The second-order valence-corrected chi connectivity index (χ2v) is 6.44. The number of thioether (sulfide) groups is 1. The van der Waals surface area contributed by atoms with E-state index in [2.05, 4.69) is 25.7 Å². The topological polar surface area (TPSA) is 76.7 Å². The van der Waals surface area contributed by atoms with Crippen molar-refractivity contribution in [2.75, 3.05) is 5.32 Å². The number of nitrogens with zero attached hydrogens (tertiary/aromatic N) is 4. The van der Waals surface area contributed by atoms with Gasteiger partial charge in [0, 0.05) is 12.1 Å². The minimum Gasteiger partial charge on any atom is -0.424 e. The monoisotopic (exact) mass is 337 g/mol. The second-order valence-electron chi connectivity index (χ2n) is 4.24. The van der Waals surface area contributed by atoms with Gasteiger partial charge in [-0.1, -0.05) is 36.1 Å². The molecule has 6 nitrogen and oxygen atoms in total. The maximum atomic E-state index is 13.1. The second kappa shape index (κ2) is 6.84. The fraction of sp³-hybridized carbons (Fsp3) is 0.231. The first-order valence-electron chi connectivity index (χ1n) is 6.53. The molecule has 2 heterocycles. The lowest BCUT2D eigenvalue weighted by Crippen LogP contribution is -1.89. The number of benzene rings is 1. The summed E-state index contributed by atoms with van der Waals surface area (Å²) < 4.78 is 19.3. The van der Waals surface area contributed by atoms with E-state index in [1.54, 1.807) is 12.1 Å². The van der Waals surface area contributed by atoms with Crippen molar-refractivity contribution in [3.63, 3.8) is 0 Å². The highest BCUT2D eigenvalue weighted by atomic mass is 32.2. The van der Waals surface area contributed by atoms with Crippen molar-refractivity contribution >= 4 is 33.9 Å². The van der Waals surface area contributed by atoms with Crippen LogP contribution in [0.4, 0.5) is 15.2 Å². The van der Waals surface area contributed by atoms with Crippen LogP contribution in [-0.4, -0.2) is 20.4 Å². The van der Waals surface area contributed by atoms with Gasteiger partial charge >= 0.3 is 0 Å². The summed E-state index contributed by atoms with van der Waals surface area (Å²) in [6.45, 7) is 1.96. The molecule has 1 aromatic carbocycles. The maximum absolute atomic E-state index is 13.1. The highest BCUT2D eigenvalue weighted by molar-refractivity contribution is 8.00. The lowest BCUT2D eigenvalue weighted by atomic mass is 10.3. The molecule has 0 aliphatic heterocycles. The Morgan fingerprint density at radius 1 is 1.23 bits per heavy atom. The summed E-state index contributed by atoms with van der Waals surface area (Å²) in [7, 11) is 0. The molecule has 0 aliphatic carbocycles. The van der Waals surface area contributed by atoms with E-state index in [1.807, 2.05) is 6.92 Å². The summed E-state index contributed by atoms with van der Waals surface area (Å²) >= 11 is 2.85. The summed E-state index contributed by atoms with van der Waals surface area (Å²) in [5.41, 5.74) is 0.636. The molecule has 9 heteroatoms. The van der Waals surface area contributed by atoms with Gasteiger partial charge in [-0.3, -0.25) is 0 Å². The standard InChI is InChI=1S/C13H12FN5OS2/c1-2-10-16-17-11(20-10)7-21-13-19-18-12(22-13)15-9-5-3-4-8(14)6-9/h3-6H,2,7H2,1H3,(H,15,18). The van der Waals surface area contributed by atoms with Gasteiger partial charge in [-0.2, -0.15) is 0 Å². The summed E-state index contributed by atoms with van der Waals surface area (Å²) in [6.07, 6.45) is 0.720. The van der Waals surface area contributed by atoms with Crippen LogP contribution in [0.1, 0.15) is 18.7 Å². The third-order valence-electron chi connectivity index (χ3n) is 2.61.